The molecule has 1 aromatic carbocycles. The maximum absolute atomic E-state index is 12.6. The molecule has 2 N–H and O–H groups in total. The Labute approximate surface area is 134 Å². The van der Waals surface area contributed by atoms with Crippen LogP contribution in [0.25, 0.3) is 10.9 Å². The van der Waals surface area contributed by atoms with E-state index in [2.05, 4.69) is 4.98 Å². The molecule has 1 aromatic heterocycles. The molecule has 0 radical (unpaired) electrons. The molecule has 122 valence electrons. The van der Waals surface area contributed by atoms with E-state index in [9.17, 15) is 9.59 Å². The molecule has 0 spiro atoms. The van der Waals surface area contributed by atoms with E-state index in [4.69, 9.17) is 9.84 Å². The normalized spacial score (nSPS) is 21.6. The summed E-state index contributed by atoms with van der Waals surface area (Å²) >= 11 is 0. The lowest BCUT2D eigenvalue weighted by molar-refractivity contribution is -0.166. The monoisotopic (exact) mass is 316 g/mol. The molecule has 1 aliphatic rings. The second-order valence-corrected chi connectivity index (χ2v) is 6.06. The molecule has 2 aromatic rings. The van der Waals surface area contributed by atoms with Crippen molar-refractivity contribution < 1.29 is 19.4 Å². The standard InChI is InChI=1S/C17H20N2O4/c1-10-4-3-5-13-16(10)12(7-18-13)6-15(20)19-8-11(2)23-14(9-19)17(21)22/h3-5,7,11,14,18H,6,8-9H2,1-2H3,(H,21,22)/t11-,14?/m1/s1. The number of fused-ring (bicyclic) bond motifs is 1. The van der Waals surface area contributed by atoms with Gasteiger partial charge in [0, 0.05) is 23.6 Å². The van der Waals surface area contributed by atoms with Gasteiger partial charge in [0.15, 0.2) is 6.10 Å². The van der Waals surface area contributed by atoms with Crippen LogP contribution in [0.15, 0.2) is 24.4 Å². The van der Waals surface area contributed by atoms with Crippen LogP contribution in [0.3, 0.4) is 0 Å². The van der Waals surface area contributed by atoms with Gasteiger partial charge in [0.05, 0.1) is 19.1 Å². The number of aliphatic carboxylic acids is 1. The number of aromatic nitrogens is 1. The Kier molecular flexibility index (Phi) is 4.09. The Morgan fingerprint density at radius 1 is 1.39 bits per heavy atom. The van der Waals surface area contributed by atoms with E-state index in [1.807, 2.05) is 31.3 Å². The highest BCUT2D eigenvalue weighted by atomic mass is 16.5. The van der Waals surface area contributed by atoms with Crippen LogP contribution in [-0.4, -0.2) is 52.2 Å². The van der Waals surface area contributed by atoms with E-state index >= 15 is 0 Å². The second kappa shape index (κ2) is 6.04. The number of carbonyl (C=O) groups is 2. The summed E-state index contributed by atoms with van der Waals surface area (Å²) in [5.41, 5.74) is 3.06. The Morgan fingerprint density at radius 3 is 2.91 bits per heavy atom. The van der Waals surface area contributed by atoms with E-state index in [1.165, 1.54) is 0 Å². The fourth-order valence-electron chi connectivity index (χ4n) is 3.16. The van der Waals surface area contributed by atoms with Gasteiger partial charge in [-0.05, 0) is 31.0 Å². The first-order chi connectivity index (χ1) is 11.0. The summed E-state index contributed by atoms with van der Waals surface area (Å²) in [5.74, 6) is -1.10. The smallest absolute Gasteiger partial charge is 0.334 e. The first kappa shape index (κ1) is 15.6. The maximum Gasteiger partial charge on any atom is 0.334 e. The molecule has 1 amide bonds. The Hall–Kier alpha value is -2.34. The molecule has 1 fully saturated rings. The van der Waals surface area contributed by atoms with Gasteiger partial charge in [-0.3, -0.25) is 4.79 Å². The van der Waals surface area contributed by atoms with Gasteiger partial charge in [0.25, 0.3) is 0 Å². The number of aromatic amines is 1. The van der Waals surface area contributed by atoms with Gasteiger partial charge in [-0.2, -0.15) is 0 Å². The molecule has 6 heteroatoms. The van der Waals surface area contributed by atoms with E-state index in [0.29, 0.717) is 6.54 Å². The molecule has 0 bridgehead atoms. The van der Waals surface area contributed by atoms with Gasteiger partial charge in [-0.15, -0.1) is 0 Å². The van der Waals surface area contributed by atoms with Crippen LogP contribution < -0.4 is 0 Å². The van der Waals surface area contributed by atoms with Crippen LogP contribution in [0.2, 0.25) is 0 Å². The zero-order valence-corrected chi connectivity index (χ0v) is 13.2. The predicted molar refractivity (Wildman–Crippen MR) is 85.3 cm³/mol. The van der Waals surface area contributed by atoms with Crippen molar-refractivity contribution >= 4 is 22.8 Å². The average Bonchev–Trinajstić information content (AvgIpc) is 2.91. The minimum absolute atomic E-state index is 0.0736. The molecule has 3 rings (SSSR count). The van der Waals surface area contributed by atoms with Crippen molar-refractivity contribution in [1.29, 1.82) is 0 Å². The van der Waals surface area contributed by atoms with E-state index in [1.54, 1.807) is 11.8 Å². The van der Waals surface area contributed by atoms with Crippen molar-refractivity contribution in [2.24, 2.45) is 0 Å². The summed E-state index contributed by atoms with van der Waals surface area (Å²) in [4.78, 5) is 28.5. The number of nitrogens with one attached hydrogen (secondary N) is 1. The fraction of sp³-hybridized carbons (Fsp3) is 0.412. The number of hydrogen-bond donors (Lipinski definition) is 2. The SMILES string of the molecule is Cc1cccc2[nH]cc(CC(=O)N3CC(C(=O)O)O[C@H](C)C3)c12. The number of morpholine rings is 1. The lowest BCUT2D eigenvalue weighted by atomic mass is 10.0. The highest BCUT2D eigenvalue weighted by molar-refractivity contribution is 5.91. The van der Waals surface area contributed by atoms with Crippen molar-refractivity contribution in [3.63, 3.8) is 0 Å². The van der Waals surface area contributed by atoms with E-state index < -0.39 is 12.1 Å². The highest BCUT2D eigenvalue weighted by Crippen LogP contribution is 2.23. The molecule has 0 aliphatic carbocycles. The Balaban J connectivity index is 1.79. The van der Waals surface area contributed by atoms with Crippen molar-refractivity contribution in [2.75, 3.05) is 13.1 Å². The molecular weight excluding hydrogens is 296 g/mol. The first-order valence-corrected chi connectivity index (χ1v) is 7.67. The number of nitrogens with zero attached hydrogens (tertiary/aromatic N) is 1. The van der Waals surface area contributed by atoms with Gasteiger partial charge < -0.3 is 19.7 Å². The van der Waals surface area contributed by atoms with Crippen LogP contribution in [0.4, 0.5) is 0 Å². The van der Waals surface area contributed by atoms with E-state index in [-0.39, 0.29) is 25.0 Å². The fourth-order valence-corrected chi connectivity index (χ4v) is 3.16. The summed E-state index contributed by atoms with van der Waals surface area (Å²) < 4.78 is 5.35. The van der Waals surface area contributed by atoms with Crippen LogP contribution >= 0.6 is 0 Å². The number of benzene rings is 1. The van der Waals surface area contributed by atoms with E-state index in [0.717, 1.165) is 22.0 Å². The van der Waals surface area contributed by atoms with Crippen molar-refractivity contribution in [3.8, 4) is 0 Å². The molecule has 6 nitrogen and oxygen atoms in total. The summed E-state index contributed by atoms with van der Waals surface area (Å²) in [6.45, 7) is 4.32. The average molecular weight is 316 g/mol. The molecule has 0 saturated carbocycles. The number of carbonyl (C=O) groups excluding carboxylic acids is 1. The third kappa shape index (κ3) is 3.07. The van der Waals surface area contributed by atoms with Crippen LogP contribution in [0.5, 0.6) is 0 Å². The number of rotatable bonds is 3. The topological polar surface area (TPSA) is 82.6 Å². The lowest BCUT2D eigenvalue weighted by Gasteiger charge is -2.35. The van der Waals surface area contributed by atoms with Gasteiger partial charge in [-0.25, -0.2) is 4.79 Å². The summed E-state index contributed by atoms with van der Waals surface area (Å²) in [5, 5.41) is 10.2. The Bertz CT molecular complexity index is 752. The molecular formula is C17H20N2O4. The van der Waals surface area contributed by atoms with Crippen molar-refractivity contribution in [3.05, 3.63) is 35.5 Å². The largest absolute Gasteiger partial charge is 0.479 e. The van der Waals surface area contributed by atoms with Gasteiger partial charge in [0.2, 0.25) is 5.91 Å². The third-order valence-electron chi connectivity index (χ3n) is 4.23. The number of H-pyrrole nitrogens is 1. The second-order valence-electron chi connectivity index (χ2n) is 6.06. The molecule has 1 unspecified atom stereocenters. The van der Waals surface area contributed by atoms with Crippen molar-refractivity contribution in [1.82, 2.24) is 9.88 Å². The minimum Gasteiger partial charge on any atom is -0.479 e. The molecule has 1 aliphatic heterocycles. The van der Waals surface area contributed by atoms with Crippen LogP contribution in [-0.2, 0) is 20.7 Å². The number of amides is 1. The zero-order chi connectivity index (χ0) is 16.6. The minimum atomic E-state index is -1.03. The predicted octanol–water partition coefficient (Wildman–Crippen LogP) is 1.72. The number of carboxylic acids is 1. The van der Waals surface area contributed by atoms with Crippen LogP contribution in [0, 0.1) is 6.92 Å². The summed E-state index contributed by atoms with van der Waals surface area (Å²) in [6, 6.07) is 5.97. The molecule has 2 atom stereocenters. The number of ether oxygens (including phenoxy) is 1. The van der Waals surface area contributed by atoms with Gasteiger partial charge >= 0.3 is 5.97 Å². The molecule has 1 saturated heterocycles. The van der Waals surface area contributed by atoms with Crippen LogP contribution in [0.1, 0.15) is 18.1 Å². The number of carboxylic acid groups (broad SMARTS) is 1. The number of hydrogen-bond acceptors (Lipinski definition) is 3. The van der Waals surface area contributed by atoms with Gasteiger partial charge in [0.1, 0.15) is 0 Å². The zero-order valence-electron chi connectivity index (χ0n) is 13.2. The summed E-state index contributed by atoms with van der Waals surface area (Å²) in [7, 11) is 0. The Morgan fingerprint density at radius 2 is 2.17 bits per heavy atom. The third-order valence-corrected chi connectivity index (χ3v) is 4.23. The molecule has 23 heavy (non-hydrogen) atoms. The summed E-state index contributed by atoms with van der Waals surface area (Å²) in [6.07, 6.45) is 0.879. The maximum atomic E-state index is 12.6. The van der Waals surface area contributed by atoms with Crippen molar-refractivity contribution in [2.45, 2.75) is 32.5 Å². The first-order valence-electron chi connectivity index (χ1n) is 7.67. The van der Waals surface area contributed by atoms with Gasteiger partial charge in [-0.1, -0.05) is 12.1 Å². The lowest BCUT2D eigenvalue weighted by Crippen LogP contribution is -2.52. The molecule has 2 heterocycles. The highest BCUT2D eigenvalue weighted by Gasteiger charge is 2.32. The quantitative estimate of drug-likeness (QED) is 0.903. The number of aryl methyl sites for hydroxylation is 1.